The van der Waals surface area contributed by atoms with Crippen LogP contribution in [0.25, 0.3) is 0 Å². The number of carbonyl (C=O) groups is 1. The van der Waals surface area contributed by atoms with Gasteiger partial charge in [0.2, 0.25) is 0 Å². The first kappa shape index (κ1) is 32.9. The third kappa shape index (κ3) is 25.2. The lowest BCUT2D eigenvalue weighted by atomic mass is 9.81. The fourth-order valence-corrected chi connectivity index (χ4v) is 2.55. The van der Waals surface area contributed by atoms with Crippen molar-refractivity contribution in [3.63, 3.8) is 0 Å². The summed E-state index contributed by atoms with van der Waals surface area (Å²) in [7, 11) is 0. The minimum absolute atomic E-state index is 0. The lowest BCUT2D eigenvalue weighted by Gasteiger charge is -2.30. The predicted octanol–water partition coefficient (Wildman–Crippen LogP) is 5.55. The maximum Gasteiger partial charge on any atom is 0.126 e. The number of Topliss-reactive ketones (excluding diaryl/α,β-unsaturated/α-hetero) is 1. The smallest absolute Gasteiger partial charge is 0.126 e. The number of unbranched alkanes of at least 4 members (excludes halogenated alkanes) is 3. The van der Waals surface area contributed by atoms with Crippen molar-refractivity contribution in [2.75, 3.05) is 39.6 Å². The van der Waals surface area contributed by atoms with Crippen LogP contribution in [0.4, 0.5) is 0 Å². The first-order valence-electron chi connectivity index (χ1n) is 11.3. The summed E-state index contributed by atoms with van der Waals surface area (Å²) in [6.07, 6.45) is 12.2. The van der Waals surface area contributed by atoms with Gasteiger partial charge in [-0.15, -0.1) is 6.58 Å². The molecule has 0 aromatic rings. The summed E-state index contributed by atoms with van der Waals surface area (Å²) in [5.74, 6) is 0.167. The van der Waals surface area contributed by atoms with Crippen LogP contribution in [0.3, 0.4) is 0 Å². The summed E-state index contributed by atoms with van der Waals surface area (Å²) in [6, 6.07) is 0. The SMILES string of the molecule is C=CC(CCCOCCCC)(CCOCCCC)COCCCC.CC(C)=O.O. The van der Waals surface area contributed by atoms with Crippen LogP contribution in [0, 0.1) is 5.41 Å². The van der Waals surface area contributed by atoms with E-state index in [1.807, 2.05) is 0 Å². The van der Waals surface area contributed by atoms with E-state index in [1.165, 1.54) is 33.1 Å². The Hall–Kier alpha value is -0.750. The molecule has 5 nitrogen and oxygen atoms in total. The highest BCUT2D eigenvalue weighted by molar-refractivity contribution is 5.72. The van der Waals surface area contributed by atoms with Gasteiger partial charge < -0.3 is 24.5 Å². The van der Waals surface area contributed by atoms with Gasteiger partial charge in [0, 0.05) is 38.4 Å². The Morgan fingerprint density at radius 3 is 1.62 bits per heavy atom. The maximum absolute atomic E-state index is 9.44. The van der Waals surface area contributed by atoms with Crippen LogP contribution in [0.5, 0.6) is 0 Å². The molecule has 0 aromatic carbocycles. The summed E-state index contributed by atoms with van der Waals surface area (Å²) in [4.78, 5) is 9.44. The van der Waals surface area contributed by atoms with Crippen LogP contribution in [0.15, 0.2) is 12.7 Å². The van der Waals surface area contributed by atoms with Gasteiger partial charge in [-0.2, -0.15) is 0 Å². The Labute approximate surface area is 180 Å². The molecule has 0 aliphatic heterocycles. The monoisotopic (exact) mass is 418 g/mol. The molecule has 0 aliphatic carbocycles. The predicted molar refractivity (Wildman–Crippen MR) is 124 cm³/mol. The van der Waals surface area contributed by atoms with Crippen LogP contribution >= 0.6 is 0 Å². The van der Waals surface area contributed by atoms with Crippen molar-refractivity contribution in [3.8, 4) is 0 Å². The number of ether oxygens (including phenoxy) is 3. The lowest BCUT2D eigenvalue weighted by Crippen LogP contribution is -2.27. The van der Waals surface area contributed by atoms with Gasteiger partial charge in [-0.05, 0) is 52.4 Å². The molecule has 0 bridgehead atoms. The van der Waals surface area contributed by atoms with Crippen molar-refractivity contribution in [2.24, 2.45) is 5.41 Å². The molecule has 0 aliphatic rings. The standard InChI is InChI=1S/C21H42O3.C3H6O.H2O/c1-5-9-15-22-18-12-13-21(8-4,20-24-17-11-7-3)14-19-23-16-10-6-2;1-3(2)4;/h8H,4-7,9-20H2,1-3H3;1-2H3;1H2. The zero-order valence-electron chi connectivity index (χ0n) is 20.0. The second-order valence-corrected chi connectivity index (χ2v) is 7.67. The Morgan fingerprint density at radius 1 is 0.759 bits per heavy atom. The fraction of sp³-hybridized carbons (Fsp3) is 0.875. The second kappa shape index (κ2) is 25.3. The quantitative estimate of drug-likeness (QED) is 0.203. The van der Waals surface area contributed by atoms with Crippen molar-refractivity contribution < 1.29 is 24.5 Å². The van der Waals surface area contributed by atoms with E-state index < -0.39 is 0 Å². The van der Waals surface area contributed by atoms with Gasteiger partial charge in [0.1, 0.15) is 5.78 Å². The van der Waals surface area contributed by atoms with Gasteiger partial charge in [0.15, 0.2) is 0 Å². The maximum atomic E-state index is 9.44. The van der Waals surface area contributed by atoms with Crippen molar-refractivity contribution in [3.05, 3.63) is 12.7 Å². The van der Waals surface area contributed by atoms with Gasteiger partial charge >= 0.3 is 0 Å². The van der Waals surface area contributed by atoms with Gasteiger partial charge in [-0.1, -0.05) is 46.1 Å². The first-order chi connectivity index (χ1) is 13.5. The summed E-state index contributed by atoms with van der Waals surface area (Å²) in [5, 5.41) is 0. The number of carbonyl (C=O) groups excluding carboxylic acids is 1. The minimum atomic E-state index is 0. The van der Waals surface area contributed by atoms with E-state index in [2.05, 4.69) is 33.4 Å². The molecular formula is C24H50O5. The Kier molecular flexibility index (Phi) is 28.7. The van der Waals surface area contributed by atoms with E-state index in [1.54, 1.807) is 0 Å². The molecule has 0 fully saturated rings. The van der Waals surface area contributed by atoms with E-state index >= 15 is 0 Å². The molecule has 1 unspecified atom stereocenters. The Balaban J connectivity index is -0.00000123. The molecule has 2 N–H and O–H groups in total. The van der Waals surface area contributed by atoms with E-state index in [0.717, 1.165) is 78.2 Å². The minimum Gasteiger partial charge on any atom is -0.412 e. The molecule has 0 rings (SSSR count). The second-order valence-electron chi connectivity index (χ2n) is 7.67. The van der Waals surface area contributed by atoms with Crippen LogP contribution in [-0.4, -0.2) is 50.9 Å². The lowest BCUT2D eigenvalue weighted by molar-refractivity contribution is -0.114. The average molecular weight is 419 g/mol. The molecular weight excluding hydrogens is 368 g/mol. The number of rotatable bonds is 19. The molecule has 5 heteroatoms. The van der Waals surface area contributed by atoms with Crippen LogP contribution < -0.4 is 0 Å². The average Bonchev–Trinajstić information content (AvgIpc) is 2.66. The number of hydrogen-bond acceptors (Lipinski definition) is 4. The van der Waals surface area contributed by atoms with E-state index in [4.69, 9.17) is 14.2 Å². The molecule has 0 amide bonds. The highest BCUT2D eigenvalue weighted by Gasteiger charge is 2.26. The van der Waals surface area contributed by atoms with E-state index in [-0.39, 0.29) is 16.7 Å². The highest BCUT2D eigenvalue weighted by atomic mass is 16.5. The summed E-state index contributed by atoms with van der Waals surface area (Å²) >= 11 is 0. The summed E-state index contributed by atoms with van der Waals surface area (Å²) in [5.41, 5.74) is 0.0219. The zero-order valence-corrected chi connectivity index (χ0v) is 20.0. The molecule has 176 valence electrons. The Morgan fingerprint density at radius 2 is 1.17 bits per heavy atom. The molecule has 0 saturated carbocycles. The Bertz CT molecular complexity index is 342. The van der Waals surface area contributed by atoms with Crippen molar-refractivity contribution in [1.82, 2.24) is 0 Å². The fourth-order valence-electron chi connectivity index (χ4n) is 2.55. The van der Waals surface area contributed by atoms with E-state index in [0.29, 0.717) is 0 Å². The topological polar surface area (TPSA) is 76.3 Å². The molecule has 0 aromatic heterocycles. The first-order valence-corrected chi connectivity index (χ1v) is 11.3. The molecule has 0 heterocycles. The summed E-state index contributed by atoms with van der Waals surface area (Å²) in [6.45, 7) is 18.7. The highest BCUT2D eigenvalue weighted by Crippen LogP contribution is 2.30. The molecule has 0 radical (unpaired) electrons. The number of hydrogen-bond donors (Lipinski definition) is 0. The van der Waals surface area contributed by atoms with Gasteiger partial charge in [-0.3, -0.25) is 0 Å². The normalized spacial score (nSPS) is 12.3. The van der Waals surface area contributed by atoms with Crippen molar-refractivity contribution in [2.45, 2.75) is 92.4 Å². The van der Waals surface area contributed by atoms with Crippen molar-refractivity contribution in [1.29, 1.82) is 0 Å². The van der Waals surface area contributed by atoms with Crippen molar-refractivity contribution >= 4 is 5.78 Å². The van der Waals surface area contributed by atoms with Crippen LogP contribution in [-0.2, 0) is 19.0 Å². The molecule has 0 spiro atoms. The summed E-state index contributed by atoms with van der Waals surface area (Å²) < 4.78 is 17.4. The van der Waals surface area contributed by atoms with Crippen LogP contribution in [0.1, 0.15) is 92.4 Å². The largest absolute Gasteiger partial charge is 0.412 e. The number of ketones is 1. The molecule has 29 heavy (non-hydrogen) atoms. The molecule has 0 saturated heterocycles. The van der Waals surface area contributed by atoms with Crippen LogP contribution in [0.2, 0.25) is 0 Å². The zero-order chi connectivity index (χ0) is 21.5. The molecule has 1 atom stereocenters. The third-order valence-corrected chi connectivity index (χ3v) is 4.46. The van der Waals surface area contributed by atoms with E-state index in [9.17, 15) is 4.79 Å². The van der Waals surface area contributed by atoms with Gasteiger partial charge in [0.05, 0.1) is 6.61 Å². The van der Waals surface area contributed by atoms with Gasteiger partial charge in [0.25, 0.3) is 0 Å². The van der Waals surface area contributed by atoms with Gasteiger partial charge in [-0.25, -0.2) is 0 Å². The third-order valence-electron chi connectivity index (χ3n) is 4.46.